The van der Waals surface area contributed by atoms with Crippen molar-refractivity contribution in [3.05, 3.63) is 30.3 Å². The standard InChI is InChI=1S/C16H20F3N3O3/c1-2-14(23)21-10-8-12(9-11-21)20-15(24)22(25-16(17,18)19)13-6-4-3-5-7-13/h3-7,12H,2,8-11H2,1H3,(H,20,24). The molecule has 6 nitrogen and oxygen atoms in total. The number of urea groups is 1. The van der Waals surface area contributed by atoms with Gasteiger partial charge < -0.3 is 10.2 Å². The van der Waals surface area contributed by atoms with E-state index < -0.39 is 12.4 Å². The lowest BCUT2D eigenvalue weighted by atomic mass is 10.0. The first-order valence-corrected chi connectivity index (χ1v) is 7.99. The number of alkyl halides is 3. The average molecular weight is 359 g/mol. The lowest BCUT2D eigenvalue weighted by molar-refractivity contribution is -0.325. The minimum absolute atomic E-state index is 0.0242. The highest BCUT2D eigenvalue weighted by Gasteiger charge is 2.37. The highest BCUT2D eigenvalue weighted by molar-refractivity contribution is 5.90. The molecular weight excluding hydrogens is 339 g/mol. The molecule has 0 spiro atoms. The molecule has 138 valence electrons. The number of rotatable bonds is 4. The molecule has 0 aromatic heterocycles. The first-order chi connectivity index (χ1) is 11.8. The van der Waals surface area contributed by atoms with Crippen LogP contribution in [0.4, 0.5) is 23.7 Å². The van der Waals surface area contributed by atoms with E-state index >= 15 is 0 Å². The summed E-state index contributed by atoms with van der Waals surface area (Å²) in [7, 11) is 0. The van der Waals surface area contributed by atoms with Crippen LogP contribution in [0.15, 0.2) is 30.3 Å². The van der Waals surface area contributed by atoms with Crippen LogP contribution in [0, 0.1) is 0 Å². The van der Waals surface area contributed by atoms with E-state index in [0.717, 1.165) is 0 Å². The Hall–Kier alpha value is -2.29. The first-order valence-electron chi connectivity index (χ1n) is 7.99. The summed E-state index contributed by atoms with van der Waals surface area (Å²) in [5.41, 5.74) is -0.0316. The highest BCUT2D eigenvalue weighted by atomic mass is 19.4. The van der Waals surface area contributed by atoms with Crippen LogP contribution in [0.3, 0.4) is 0 Å². The summed E-state index contributed by atoms with van der Waals surface area (Å²) in [5.74, 6) is 0.0242. The van der Waals surface area contributed by atoms with Crippen molar-refractivity contribution in [2.24, 2.45) is 0 Å². The summed E-state index contributed by atoms with van der Waals surface area (Å²) < 4.78 is 37.9. The predicted octanol–water partition coefficient (Wildman–Crippen LogP) is 3.06. The van der Waals surface area contributed by atoms with E-state index in [-0.39, 0.29) is 22.7 Å². The lowest BCUT2D eigenvalue weighted by Crippen LogP contribution is -2.51. The monoisotopic (exact) mass is 359 g/mol. The molecule has 1 aromatic rings. The number of halogens is 3. The molecule has 0 bridgehead atoms. The zero-order valence-corrected chi connectivity index (χ0v) is 13.8. The summed E-state index contributed by atoms with van der Waals surface area (Å²) in [6, 6.07) is 5.99. The van der Waals surface area contributed by atoms with Gasteiger partial charge >= 0.3 is 12.4 Å². The van der Waals surface area contributed by atoms with Crippen LogP contribution in [-0.2, 0) is 9.63 Å². The number of anilines is 1. The van der Waals surface area contributed by atoms with Crippen molar-refractivity contribution in [3.8, 4) is 0 Å². The van der Waals surface area contributed by atoms with Crippen molar-refractivity contribution in [2.45, 2.75) is 38.6 Å². The van der Waals surface area contributed by atoms with Crippen LogP contribution in [0.25, 0.3) is 0 Å². The minimum Gasteiger partial charge on any atom is -0.343 e. The van der Waals surface area contributed by atoms with Gasteiger partial charge in [0.1, 0.15) is 0 Å². The number of benzene rings is 1. The number of nitrogens with zero attached hydrogens (tertiary/aromatic N) is 2. The van der Waals surface area contributed by atoms with Gasteiger partial charge in [-0.15, -0.1) is 13.2 Å². The largest absolute Gasteiger partial charge is 0.544 e. The number of piperidine rings is 1. The van der Waals surface area contributed by atoms with Crippen molar-refractivity contribution in [1.82, 2.24) is 10.2 Å². The van der Waals surface area contributed by atoms with Crippen molar-refractivity contribution >= 4 is 17.6 Å². The Morgan fingerprint density at radius 1 is 1.24 bits per heavy atom. The molecule has 1 saturated heterocycles. The second-order valence-corrected chi connectivity index (χ2v) is 5.63. The van der Waals surface area contributed by atoms with Crippen LogP contribution >= 0.6 is 0 Å². The summed E-state index contributed by atoms with van der Waals surface area (Å²) in [6.07, 6.45) is -3.64. The van der Waals surface area contributed by atoms with E-state index in [4.69, 9.17) is 0 Å². The predicted molar refractivity (Wildman–Crippen MR) is 84.5 cm³/mol. The quantitative estimate of drug-likeness (QED) is 0.841. The van der Waals surface area contributed by atoms with Crippen LogP contribution < -0.4 is 10.4 Å². The molecule has 9 heteroatoms. The molecule has 1 N–H and O–H groups in total. The molecule has 0 radical (unpaired) electrons. The van der Waals surface area contributed by atoms with Crippen LogP contribution in [0.5, 0.6) is 0 Å². The molecule has 1 aromatic carbocycles. The van der Waals surface area contributed by atoms with Crippen molar-refractivity contribution in [3.63, 3.8) is 0 Å². The van der Waals surface area contributed by atoms with Gasteiger partial charge in [-0.3, -0.25) is 4.79 Å². The van der Waals surface area contributed by atoms with E-state index in [2.05, 4.69) is 10.2 Å². The van der Waals surface area contributed by atoms with Crippen LogP contribution in [0.2, 0.25) is 0 Å². The number of carbonyl (C=O) groups is 2. The van der Waals surface area contributed by atoms with Gasteiger partial charge in [-0.25, -0.2) is 4.79 Å². The number of likely N-dealkylation sites (tertiary alicyclic amines) is 1. The van der Waals surface area contributed by atoms with Gasteiger partial charge in [0.15, 0.2) is 0 Å². The average Bonchev–Trinajstić information content (AvgIpc) is 2.59. The van der Waals surface area contributed by atoms with Crippen molar-refractivity contribution in [2.75, 3.05) is 18.2 Å². The fourth-order valence-electron chi connectivity index (χ4n) is 2.61. The summed E-state index contributed by atoms with van der Waals surface area (Å²) in [6.45, 7) is 2.69. The zero-order valence-electron chi connectivity index (χ0n) is 13.8. The van der Waals surface area contributed by atoms with Crippen LogP contribution in [-0.4, -0.2) is 42.3 Å². The molecule has 0 atom stereocenters. The molecule has 0 aliphatic carbocycles. The summed E-state index contributed by atoms with van der Waals surface area (Å²) in [5, 5.41) is 2.74. The van der Waals surface area contributed by atoms with Crippen molar-refractivity contribution < 1.29 is 27.6 Å². The second-order valence-electron chi connectivity index (χ2n) is 5.63. The topological polar surface area (TPSA) is 61.9 Å². The number of para-hydroxylation sites is 1. The van der Waals surface area contributed by atoms with Crippen LogP contribution in [0.1, 0.15) is 26.2 Å². The number of hydrogen-bond donors (Lipinski definition) is 1. The number of hydrogen-bond acceptors (Lipinski definition) is 3. The Morgan fingerprint density at radius 2 is 1.84 bits per heavy atom. The molecule has 2 rings (SSSR count). The maximum atomic E-state index is 12.6. The molecule has 3 amide bonds. The number of amides is 3. The van der Waals surface area contributed by atoms with Gasteiger partial charge in [0.2, 0.25) is 5.91 Å². The molecule has 0 unspecified atom stereocenters. The van der Waals surface area contributed by atoms with E-state index in [1.807, 2.05) is 0 Å². The molecule has 0 saturated carbocycles. The minimum atomic E-state index is -5.00. The number of hydroxylamine groups is 1. The summed E-state index contributed by atoms with van der Waals surface area (Å²) in [4.78, 5) is 29.4. The van der Waals surface area contributed by atoms with Gasteiger partial charge in [0.05, 0.1) is 5.69 Å². The van der Waals surface area contributed by atoms with Gasteiger partial charge in [-0.2, -0.15) is 9.90 Å². The Bertz CT molecular complexity index is 587. The third-order valence-corrected chi connectivity index (χ3v) is 3.85. The molecule has 1 heterocycles. The van der Waals surface area contributed by atoms with Gasteiger partial charge in [-0.05, 0) is 25.0 Å². The summed E-state index contributed by atoms with van der Waals surface area (Å²) >= 11 is 0. The van der Waals surface area contributed by atoms with E-state index in [9.17, 15) is 22.8 Å². The van der Waals surface area contributed by atoms with Gasteiger partial charge in [0, 0.05) is 25.6 Å². The maximum Gasteiger partial charge on any atom is 0.544 e. The number of carbonyl (C=O) groups excluding carboxylic acids is 2. The molecule has 1 fully saturated rings. The third kappa shape index (κ3) is 5.63. The Morgan fingerprint density at radius 3 is 2.36 bits per heavy atom. The van der Waals surface area contributed by atoms with Gasteiger partial charge in [-0.1, -0.05) is 25.1 Å². The lowest BCUT2D eigenvalue weighted by Gasteiger charge is -2.33. The molecule has 25 heavy (non-hydrogen) atoms. The Kier molecular flexibility index (Phi) is 6.24. The molecule has 1 aliphatic rings. The molecule has 1 aliphatic heterocycles. The SMILES string of the molecule is CCC(=O)N1CCC(NC(=O)N(OC(F)(F)F)c2ccccc2)CC1. The fourth-order valence-corrected chi connectivity index (χ4v) is 2.61. The highest BCUT2D eigenvalue weighted by Crippen LogP contribution is 2.24. The smallest absolute Gasteiger partial charge is 0.343 e. The van der Waals surface area contributed by atoms with E-state index in [1.165, 1.54) is 24.3 Å². The maximum absolute atomic E-state index is 12.6. The first kappa shape index (κ1) is 19.0. The zero-order chi connectivity index (χ0) is 18.4. The fraction of sp³-hybridized carbons (Fsp3) is 0.500. The third-order valence-electron chi connectivity index (χ3n) is 3.85. The Labute approximate surface area is 143 Å². The van der Waals surface area contributed by atoms with E-state index in [1.54, 1.807) is 17.9 Å². The van der Waals surface area contributed by atoms with Crippen molar-refractivity contribution in [1.29, 1.82) is 0 Å². The van der Waals surface area contributed by atoms with E-state index in [0.29, 0.717) is 32.4 Å². The second kappa shape index (κ2) is 8.19. The molecular formula is C16H20F3N3O3. The Balaban J connectivity index is 1.99. The number of nitrogens with one attached hydrogen (secondary N) is 1. The van der Waals surface area contributed by atoms with Gasteiger partial charge in [0.25, 0.3) is 0 Å². The normalized spacial score (nSPS) is 15.8.